The van der Waals surface area contributed by atoms with Crippen LogP contribution in [-0.2, 0) is 4.79 Å². The number of carboxylic acid groups (broad SMARTS) is 1. The summed E-state index contributed by atoms with van der Waals surface area (Å²) in [5.41, 5.74) is 0. The monoisotopic (exact) mass is 356 g/mol. The molecule has 148 valence electrons. The summed E-state index contributed by atoms with van der Waals surface area (Å²) in [6.07, 6.45) is 16.4. The van der Waals surface area contributed by atoms with Gasteiger partial charge in [-0.05, 0) is 6.42 Å². The minimum atomic E-state index is -0.833. The summed E-state index contributed by atoms with van der Waals surface area (Å²) >= 11 is 0. The Labute approximate surface area is 154 Å². The number of aliphatic carboxylic acids is 1. The molecule has 1 heterocycles. The minimum absolute atomic E-state index is 0.247. The number of aliphatic hydroxyl groups excluding tert-OH is 1. The van der Waals surface area contributed by atoms with Gasteiger partial charge in [-0.3, -0.25) is 9.79 Å². The van der Waals surface area contributed by atoms with Gasteiger partial charge in [0.25, 0.3) is 5.97 Å². The molecule has 2 N–H and O–H groups in total. The number of hydrogen-bond donors (Lipinski definition) is 2. The predicted molar refractivity (Wildman–Crippen MR) is 105 cm³/mol. The Hall–Kier alpha value is -1.10. The molecule has 0 saturated heterocycles. The van der Waals surface area contributed by atoms with Crippen LogP contribution >= 0.6 is 0 Å². The van der Waals surface area contributed by atoms with Crippen molar-refractivity contribution in [3.63, 3.8) is 0 Å². The van der Waals surface area contributed by atoms with Crippen molar-refractivity contribution in [2.24, 2.45) is 4.99 Å². The Morgan fingerprint density at radius 3 is 1.96 bits per heavy atom. The molecule has 0 aromatic heterocycles. The number of hydrogen-bond acceptors (Lipinski definition) is 4. The maximum absolute atomic E-state index is 9.01. The molecule has 0 bridgehead atoms. The lowest BCUT2D eigenvalue weighted by Crippen LogP contribution is -2.30. The average molecular weight is 357 g/mol. The summed E-state index contributed by atoms with van der Waals surface area (Å²) in [7, 11) is 0. The molecular formula is C20H40N2O3. The van der Waals surface area contributed by atoms with Crippen molar-refractivity contribution in [3.05, 3.63) is 0 Å². The van der Waals surface area contributed by atoms with E-state index in [1.54, 1.807) is 0 Å². The molecule has 0 amide bonds. The third kappa shape index (κ3) is 16.1. The maximum atomic E-state index is 9.01. The molecule has 0 saturated carbocycles. The fourth-order valence-corrected chi connectivity index (χ4v) is 3.07. The molecule has 5 nitrogen and oxygen atoms in total. The van der Waals surface area contributed by atoms with Gasteiger partial charge < -0.3 is 15.1 Å². The van der Waals surface area contributed by atoms with E-state index < -0.39 is 5.97 Å². The molecule has 0 fully saturated rings. The summed E-state index contributed by atoms with van der Waals surface area (Å²) in [4.78, 5) is 15.8. The molecule has 25 heavy (non-hydrogen) atoms. The van der Waals surface area contributed by atoms with Crippen molar-refractivity contribution in [2.45, 2.75) is 90.9 Å². The summed E-state index contributed by atoms with van der Waals surface area (Å²) in [6.45, 7) is 6.30. The third-order valence-electron chi connectivity index (χ3n) is 4.40. The molecule has 0 radical (unpaired) electrons. The molecule has 0 aliphatic carbocycles. The normalized spacial score (nSPS) is 13.4. The van der Waals surface area contributed by atoms with E-state index in [1.807, 2.05) is 0 Å². The van der Waals surface area contributed by atoms with E-state index in [9.17, 15) is 0 Å². The lowest BCUT2D eigenvalue weighted by atomic mass is 10.1. The molecule has 1 aliphatic rings. The van der Waals surface area contributed by atoms with Gasteiger partial charge in [-0.15, -0.1) is 0 Å². The SMILES string of the molecule is CC(=O)O.CCCCCCCCCCCCCC1=NCCN1CCO. The number of carbonyl (C=O) groups is 1. The van der Waals surface area contributed by atoms with E-state index in [0.717, 1.165) is 33.0 Å². The van der Waals surface area contributed by atoms with Crippen molar-refractivity contribution in [3.8, 4) is 0 Å². The van der Waals surface area contributed by atoms with Crippen LogP contribution in [0.15, 0.2) is 4.99 Å². The van der Waals surface area contributed by atoms with Gasteiger partial charge in [-0.25, -0.2) is 0 Å². The number of β-amino-alcohol motifs (C(OH)–C–C–N with tert-alkyl or cyclic N) is 1. The molecule has 5 heteroatoms. The zero-order chi connectivity index (χ0) is 18.8. The van der Waals surface area contributed by atoms with Crippen LogP contribution in [0.2, 0.25) is 0 Å². The second-order valence-corrected chi connectivity index (χ2v) is 6.81. The minimum Gasteiger partial charge on any atom is -0.481 e. The molecule has 0 atom stereocenters. The van der Waals surface area contributed by atoms with Gasteiger partial charge in [0.2, 0.25) is 0 Å². The predicted octanol–water partition coefficient (Wildman–Crippen LogP) is 4.48. The Kier molecular flexibility index (Phi) is 16.9. The highest BCUT2D eigenvalue weighted by molar-refractivity contribution is 5.83. The second-order valence-electron chi connectivity index (χ2n) is 6.81. The van der Waals surface area contributed by atoms with E-state index in [1.165, 1.54) is 76.5 Å². The summed E-state index contributed by atoms with van der Waals surface area (Å²) in [5, 5.41) is 16.4. The number of amidine groups is 1. The largest absolute Gasteiger partial charge is 0.481 e. The molecule has 0 aromatic rings. The first-order chi connectivity index (χ1) is 12.1. The Bertz CT molecular complexity index is 342. The van der Waals surface area contributed by atoms with E-state index in [-0.39, 0.29) is 6.61 Å². The van der Waals surface area contributed by atoms with Gasteiger partial charge in [-0.2, -0.15) is 0 Å². The topological polar surface area (TPSA) is 73.1 Å². The van der Waals surface area contributed by atoms with Crippen molar-refractivity contribution in [1.82, 2.24) is 4.90 Å². The number of rotatable bonds is 14. The number of carboxylic acids is 1. The van der Waals surface area contributed by atoms with Crippen molar-refractivity contribution < 1.29 is 15.0 Å². The van der Waals surface area contributed by atoms with Crippen LogP contribution in [0, 0.1) is 0 Å². The number of aliphatic imine (C=N–C) groups is 1. The lowest BCUT2D eigenvalue weighted by Gasteiger charge is -2.18. The van der Waals surface area contributed by atoms with E-state index in [2.05, 4.69) is 16.8 Å². The van der Waals surface area contributed by atoms with E-state index in [0.29, 0.717) is 0 Å². The van der Waals surface area contributed by atoms with E-state index >= 15 is 0 Å². The van der Waals surface area contributed by atoms with Crippen LogP contribution in [0.1, 0.15) is 90.9 Å². The van der Waals surface area contributed by atoms with Crippen LogP contribution in [0.3, 0.4) is 0 Å². The standard InChI is InChI=1S/C18H36N2O.C2H4O2/c1-2-3-4-5-6-7-8-9-10-11-12-13-18-19-14-15-20(18)16-17-21;1-2(3)4/h21H,2-17H2,1H3;1H3,(H,3,4). The molecule has 0 spiro atoms. The number of unbranched alkanes of at least 4 members (excludes halogenated alkanes) is 10. The maximum Gasteiger partial charge on any atom is 0.300 e. The molecule has 1 aliphatic heterocycles. The fraction of sp³-hybridized carbons (Fsp3) is 0.900. The van der Waals surface area contributed by atoms with Gasteiger partial charge in [0.05, 0.1) is 19.0 Å². The lowest BCUT2D eigenvalue weighted by molar-refractivity contribution is -0.134. The summed E-state index contributed by atoms with van der Waals surface area (Å²) in [6, 6.07) is 0. The van der Waals surface area contributed by atoms with E-state index in [4.69, 9.17) is 15.0 Å². The molecule has 1 rings (SSSR count). The average Bonchev–Trinajstić information content (AvgIpc) is 3.00. The first kappa shape index (κ1) is 23.9. The highest BCUT2D eigenvalue weighted by Gasteiger charge is 2.14. The highest BCUT2D eigenvalue weighted by atomic mass is 16.4. The summed E-state index contributed by atoms with van der Waals surface area (Å²) in [5.74, 6) is 0.403. The Balaban J connectivity index is 0.00000129. The third-order valence-corrected chi connectivity index (χ3v) is 4.40. The van der Waals surface area contributed by atoms with Crippen molar-refractivity contribution >= 4 is 11.8 Å². The first-order valence-corrected chi connectivity index (χ1v) is 10.2. The van der Waals surface area contributed by atoms with Crippen LogP contribution in [-0.4, -0.2) is 53.2 Å². The van der Waals surface area contributed by atoms with Gasteiger partial charge >= 0.3 is 0 Å². The van der Waals surface area contributed by atoms with Crippen molar-refractivity contribution in [1.29, 1.82) is 0 Å². The number of nitrogens with zero attached hydrogens (tertiary/aromatic N) is 2. The van der Waals surface area contributed by atoms with Crippen LogP contribution in [0.25, 0.3) is 0 Å². The Morgan fingerprint density at radius 2 is 1.48 bits per heavy atom. The molecule has 0 aromatic carbocycles. The molecule has 0 unspecified atom stereocenters. The smallest absolute Gasteiger partial charge is 0.300 e. The van der Waals surface area contributed by atoms with Crippen LogP contribution in [0.5, 0.6) is 0 Å². The van der Waals surface area contributed by atoms with Gasteiger partial charge in [0.15, 0.2) is 0 Å². The Morgan fingerprint density at radius 1 is 1.00 bits per heavy atom. The second kappa shape index (κ2) is 17.7. The fourth-order valence-electron chi connectivity index (χ4n) is 3.07. The molecular weight excluding hydrogens is 316 g/mol. The van der Waals surface area contributed by atoms with Gasteiger partial charge in [-0.1, -0.05) is 71.1 Å². The van der Waals surface area contributed by atoms with Crippen LogP contribution in [0.4, 0.5) is 0 Å². The highest BCUT2D eigenvalue weighted by Crippen LogP contribution is 2.13. The van der Waals surface area contributed by atoms with Gasteiger partial charge in [0, 0.05) is 26.4 Å². The zero-order valence-corrected chi connectivity index (χ0v) is 16.5. The van der Waals surface area contributed by atoms with Crippen molar-refractivity contribution in [2.75, 3.05) is 26.2 Å². The quantitative estimate of drug-likeness (QED) is 0.450. The van der Waals surface area contributed by atoms with Crippen LogP contribution < -0.4 is 0 Å². The summed E-state index contributed by atoms with van der Waals surface area (Å²) < 4.78 is 0. The zero-order valence-electron chi connectivity index (χ0n) is 16.5. The van der Waals surface area contributed by atoms with Gasteiger partial charge in [0.1, 0.15) is 0 Å². The number of aliphatic hydroxyl groups is 1. The first-order valence-electron chi connectivity index (χ1n) is 10.2.